The lowest BCUT2D eigenvalue weighted by Gasteiger charge is -2.29. The van der Waals surface area contributed by atoms with E-state index in [1.807, 2.05) is 7.05 Å². The van der Waals surface area contributed by atoms with Crippen LogP contribution in [-0.4, -0.2) is 57.4 Å². The highest BCUT2D eigenvalue weighted by molar-refractivity contribution is 6.00. The molecule has 1 fully saturated rings. The summed E-state index contributed by atoms with van der Waals surface area (Å²) in [4.78, 5) is 25.9. The van der Waals surface area contributed by atoms with Crippen LogP contribution in [0.1, 0.15) is 29.6 Å². The van der Waals surface area contributed by atoms with Gasteiger partial charge < -0.3 is 25.2 Å². The number of rotatable bonds is 7. The normalized spacial score (nSPS) is 14.5. The summed E-state index contributed by atoms with van der Waals surface area (Å²) < 4.78 is 13.3. The van der Waals surface area contributed by atoms with Crippen molar-refractivity contribution in [1.82, 2.24) is 14.7 Å². The van der Waals surface area contributed by atoms with E-state index >= 15 is 0 Å². The van der Waals surface area contributed by atoms with E-state index in [-0.39, 0.29) is 30.6 Å². The number of hydrogen-bond donors (Lipinski definition) is 2. The molecule has 0 unspecified atom stereocenters. The van der Waals surface area contributed by atoms with Crippen molar-refractivity contribution >= 4 is 22.7 Å². The molecule has 9 nitrogen and oxygen atoms in total. The first-order chi connectivity index (χ1) is 15.4. The molecule has 1 aliphatic rings. The number of hydrogen-bond acceptors (Lipinski definition) is 6. The smallest absolute Gasteiger partial charge is 0.252 e. The number of ether oxygens (including phenoxy) is 2. The Balaban J connectivity index is 1.36. The minimum atomic E-state index is -0.585. The molecule has 3 aromatic rings. The molecule has 4 rings (SSSR count). The Kier molecular flexibility index (Phi) is 6.27. The first-order valence-corrected chi connectivity index (χ1v) is 10.5. The van der Waals surface area contributed by atoms with Gasteiger partial charge in [-0.2, -0.15) is 5.10 Å². The zero-order valence-electron chi connectivity index (χ0n) is 17.9. The van der Waals surface area contributed by atoms with Gasteiger partial charge in [-0.1, -0.05) is 0 Å². The maximum Gasteiger partial charge on any atom is 0.252 e. The Morgan fingerprint density at radius 3 is 2.53 bits per heavy atom. The lowest BCUT2D eigenvalue weighted by Crippen LogP contribution is -2.40. The van der Waals surface area contributed by atoms with Crippen LogP contribution in [0.5, 0.6) is 17.2 Å². The number of aryl methyl sites for hydroxylation is 1. The van der Waals surface area contributed by atoms with Crippen LogP contribution in [0.2, 0.25) is 0 Å². The predicted molar refractivity (Wildman–Crippen MR) is 118 cm³/mol. The summed E-state index contributed by atoms with van der Waals surface area (Å²) in [5.74, 6) is 0.917. The van der Waals surface area contributed by atoms with Crippen LogP contribution in [0.3, 0.4) is 0 Å². The second-order valence-corrected chi connectivity index (χ2v) is 7.82. The molecule has 0 radical (unpaired) electrons. The van der Waals surface area contributed by atoms with E-state index in [9.17, 15) is 14.7 Å². The number of piperidine rings is 1. The van der Waals surface area contributed by atoms with Gasteiger partial charge in [0.1, 0.15) is 17.2 Å². The van der Waals surface area contributed by atoms with Crippen molar-refractivity contribution in [3.63, 3.8) is 0 Å². The van der Waals surface area contributed by atoms with Crippen LogP contribution in [-0.2, 0) is 11.8 Å². The first-order valence-electron chi connectivity index (χ1n) is 10.5. The molecule has 0 aliphatic carbocycles. The molecular weight excluding hydrogens is 412 g/mol. The van der Waals surface area contributed by atoms with Gasteiger partial charge in [-0.05, 0) is 43.2 Å². The van der Waals surface area contributed by atoms with E-state index in [1.54, 1.807) is 52.2 Å². The Morgan fingerprint density at radius 2 is 1.84 bits per heavy atom. The molecule has 0 saturated carbocycles. The lowest BCUT2D eigenvalue weighted by atomic mass is 10.1. The predicted octanol–water partition coefficient (Wildman–Crippen LogP) is 2.22. The topological polar surface area (TPSA) is 120 Å². The number of amides is 2. The Morgan fingerprint density at radius 1 is 1.16 bits per heavy atom. The van der Waals surface area contributed by atoms with Crippen molar-refractivity contribution in [2.24, 2.45) is 12.8 Å². The van der Waals surface area contributed by atoms with Gasteiger partial charge in [-0.3, -0.25) is 14.3 Å². The number of primary amides is 1. The van der Waals surface area contributed by atoms with E-state index in [4.69, 9.17) is 15.2 Å². The van der Waals surface area contributed by atoms with Gasteiger partial charge >= 0.3 is 0 Å². The molecule has 0 spiro atoms. The summed E-state index contributed by atoms with van der Waals surface area (Å²) in [6.07, 6.45) is 2.89. The van der Waals surface area contributed by atoms with Crippen molar-refractivity contribution in [3.05, 3.63) is 48.2 Å². The zero-order valence-corrected chi connectivity index (χ0v) is 17.9. The van der Waals surface area contributed by atoms with Gasteiger partial charge in [0.2, 0.25) is 5.91 Å². The van der Waals surface area contributed by atoms with Crippen molar-refractivity contribution < 1.29 is 24.2 Å². The molecule has 1 aliphatic heterocycles. The van der Waals surface area contributed by atoms with Crippen molar-refractivity contribution in [2.75, 3.05) is 19.7 Å². The van der Waals surface area contributed by atoms with E-state index < -0.39 is 5.91 Å². The molecule has 1 saturated heterocycles. The molecule has 2 aromatic carbocycles. The summed E-state index contributed by atoms with van der Waals surface area (Å²) in [5.41, 5.74) is 6.61. The molecular formula is C23H26N4O5. The average molecular weight is 438 g/mol. The molecule has 2 heterocycles. The molecule has 32 heavy (non-hydrogen) atoms. The standard InChI is InChI=1S/C23H26N4O5/c1-26-20-13-21(19(23(24)30)12-15(20)14-25-26)32-18-4-2-17(3-5-18)31-11-8-22(29)27-9-6-16(28)7-10-27/h2-5,12-14,16,28H,6-11H2,1H3,(H2,24,30). The maximum atomic E-state index is 12.2. The number of nitrogens with two attached hydrogens (primary N) is 1. The second-order valence-electron chi connectivity index (χ2n) is 7.82. The maximum absolute atomic E-state index is 12.2. The summed E-state index contributed by atoms with van der Waals surface area (Å²) in [6.45, 7) is 1.44. The van der Waals surface area contributed by atoms with E-state index in [2.05, 4.69) is 5.10 Å². The third-order valence-electron chi connectivity index (χ3n) is 5.57. The fourth-order valence-corrected chi connectivity index (χ4v) is 3.72. The fourth-order valence-electron chi connectivity index (χ4n) is 3.72. The molecule has 0 bridgehead atoms. The van der Waals surface area contributed by atoms with Gasteiger partial charge in [-0.25, -0.2) is 0 Å². The van der Waals surface area contributed by atoms with Crippen LogP contribution < -0.4 is 15.2 Å². The highest BCUT2D eigenvalue weighted by Gasteiger charge is 2.21. The minimum absolute atomic E-state index is 0.0291. The van der Waals surface area contributed by atoms with Crippen LogP contribution >= 0.6 is 0 Å². The zero-order chi connectivity index (χ0) is 22.7. The quantitative estimate of drug-likeness (QED) is 0.584. The number of aliphatic hydroxyl groups is 1. The summed E-state index contributed by atoms with van der Waals surface area (Å²) in [6, 6.07) is 10.3. The number of aliphatic hydroxyl groups excluding tert-OH is 1. The largest absolute Gasteiger partial charge is 0.493 e. The second kappa shape index (κ2) is 9.27. The summed E-state index contributed by atoms with van der Waals surface area (Å²) in [5, 5.41) is 14.5. The van der Waals surface area contributed by atoms with Gasteiger partial charge in [0.05, 0.1) is 36.4 Å². The monoisotopic (exact) mass is 438 g/mol. The van der Waals surface area contributed by atoms with E-state index in [0.29, 0.717) is 43.2 Å². The molecule has 3 N–H and O–H groups in total. The highest BCUT2D eigenvalue weighted by atomic mass is 16.5. The van der Waals surface area contributed by atoms with Crippen LogP contribution in [0.25, 0.3) is 10.9 Å². The van der Waals surface area contributed by atoms with Gasteiger partial charge in [0, 0.05) is 31.6 Å². The first kappa shape index (κ1) is 21.6. The molecule has 0 atom stereocenters. The highest BCUT2D eigenvalue weighted by Crippen LogP contribution is 2.30. The number of carbonyl (C=O) groups is 2. The summed E-state index contributed by atoms with van der Waals surface area (Å²) >= 11 is 0. The molecule has 2 amide bonds. The minimum Gasteiger partial charge on any atom is -0.493 e. The average Bonchev–Trinajstić information content (AvgIpc) is 3.14. The molecule has 9 heteroatoms. The van der Waals surface area contributed by atoms with Crippen LogP contribution in [0.15, 0.2) is 42.6 Å². The van der Waals surface area contributed by atoms with Gasteiger partial charge in [0.15, 0.2) is 0 Å². The Hall–Kier alpha value is -3.59. The molecule has 168 valence electrons. The van der Waals surface area contributed by atoms with Gasteiger partial charge in [0.25, 0.3) is 5.91 Å². The molecule has 1 aromatic heterocycles. The Bertz CT molecular complexity index is 1120. The number of carbonyl (C=O) groups excluding carboxylic acids is 2. The van der Waals surface area contributed by atoms with Crippen LogP contribution in [0, 0.1) is 0 Å². The number of aromatic nitrogens is 2. The van der Waals surface area contributed by atoms with Crippen LogP contribution in [0.4, 0.5) is 0 Å². The number of fused-ring (bicyclic) bond motifs is 1. The third kappa shape index (κ3) is 4.83. The number of nitrogens with zero attached hydrogens (tertiary/aromatic N) is 3. The fraction of sp³-hybridized carbons (Fsp3) is 0.348. The van der Waals surface area contributed by atoms with Crippen molar-refractivity contribution in [3.8, 4) is 17.2 Å². The van der Waals surface area contributed by atoms with E-state index in [1.165, 1.54) is 0 Å². The SMILES string of the molecule is Cn1ncc2cc(C(N)=O)c(Oc3ccc(OCCC(=O)N4CCC(O)CC4)cc3)cc21. The van der Waals surface area contributed by atoms with Crippen molar-refractivity contribution in [1.29, 1.82) is 0 Å². The Labute approximate surface area is 185 Å². The van der Waals surface area contributed by atoms with E-state index in [0.717, 1.165) is 10.9 Å². The van der Waals surface area contributed by atoms with Gasteiger partial charge in [-0.15, -0.1) is 0 Å². The summed E-state index contributed by atoms with van der Waals surface area (Å²) in [7, 11) is 1.81. The van der Waals surface area contributed by atoms with Crippen molar-refractivity contribution in [2.45, 2.75) is 25.4 Å². The number of likely N-dealkylation sites (tertiary alicyclic amines) is 1. The lowest BCUT2D eigenvalue weighted by molar-refractivity contribution is -0.133. The number of benzene rings is 2. The third-order valence-corrected chi connectivity index (χ3v) is 5.57.